The number of hydrogen-bond acceptors (Lipinski definition) is 3. The number of carbonyl (C=O) groups excluding carboxylic acids is 1. The molecule has 5 heteroatoms. The molecule has 0 aliphatic heterocycles. The number of hydrogen-bond donors (Lipinski definition) is 1. The highest BCUT2D eigenvalue weighted by atomic mass is 35.5. The zero-order chi connectivity index (χ0) is 15.0. The number of carbonyl (C=O) groups is 1. The molecule has 0 atom stereocenters. The van der Waals surface area contributed by atoms with Gasteiger partial charge in [-0.3, -0.25) is 4.79 Å². The predicted molar refractivity (Wildman–Crippen MR) is 84.5 cm³/mol. The maximum Gasteiger partial charge on any atom is 0.274 e. The Bertz CT molecular complexity index is 431. The molecule has 20 heavy (non-hydrogen) atoms. The van der Waals surface area contributed by atoms with E-state index in [1.807, 2.05) is 4.90 Å². The molecule has 1 aromatic rings. The Morgan fingerprint density at radius 3 is 2.40 bits per heavy atom. The summed E-state index contributed by atoms with van der Waals surface area (Å²) in [5.41, 5.74) is 0.342. The van der Waals surface area contributed by atoms with Crippen molar-refractivity contribution in [2.75, 3.05) is 25.0 Å². The van der Waals surface area contributed by atoms with Crippen molar-refractivity contribution in [3.8, 4) is 0 Å². The zero-order valence-electron chi connectivity index (χ0n) is 12.6. The molecule has 1 heterocycles. The number of amides is 1. The first-order valence-corrected chi connectivity index (χ1v) is 7.71. The molecule has 0 aliphatic carbocycles. The van der Waals surface area contributed by atoms with Gasteiger partial charge in [-0.15, -0.1) is 0 Å². The van der Waals surface area contributed by atoms with E-state index in [1.165, 1.54) is 0 Å². The van der Waals surface area contributed by atoms with Crippen molar-refractivity contribution >= 4 is 23.3 Å². The Morgan fingerprint density at radius 2 is 1.85 bits per heavy atom. The highest BCUT2D eigenvalue weighted by Gasteiger charge is 2.19. The third-order valence-corrected chi connectivity index (χ3v) is 3.18. The molecule has 0 saturated heterocycles. The van der Waals surface area contributed by atoms with Crippen molar-refractivity contribution in [2.24, 2.45) is 0 Å². The standard InChI is InChI=1S/C15H24ClN3O/c1-4-9-17-13-8-7-12(16)14(18-13)15(20)19(10-5-2)11-6-3/h7-8H,4-6,9-11H2,1-3H3,(H,17,18). The SMILES string of the molecule is CCCNc1ccc(Cl)c(C(=O)N(CCC)CCC)n1. The minimum Gasteiger partial charge on any atom is -0.370 e. The summed E-state index contributed by atoms with van der Waals surface area (Å²) in [6, 6.07) is 3.54. The van der Waals surface area contributed by atoms with E-state index in [0.29, 0.717) is 16.5 Å². The van der Waals surface area contributed by atoms with E-state index < -0.39 is 0 Å². The lowest BCUT2D eigenvalue weighted by Crippen LogP contribution is -2.33. The van der Waals surface area contributed by atoms with Gasteiger partial charge in [0, 0.05) is 19.6 Å². The fourth-order valence-corrected chi connectivity index (χ4v) is 2.13. The van der Waals surface area contributed by atoms with Crippen LogP contribution in [0.3, 0.4) is 0 Å². The lowest BCUT2D eigenvalue weighted by molar-refractivity contribution is 0.0750. The fraction of sp³-hybridized carbons (Fsp3) is 0.600. The van der Waals surface area contributed by atoms with Gasteiger partial charge in [0.2, 0.25) is 0 Å². The summed E-state index contributed by atoms with van der Waals surface area (Å²) in [5, 5.41) is 3.59. The van der Waals surface area contributed by atoms with Crippen LogP contribution in [0.2, 0.25) is 5.02 Å². The molecule has 0 fully saturated rings. The summed E-state index contributed by atoms with van der Waals surface area (Å²) >= 11 is 6.13. The van der Waals surface area contributed by atoms with Crippen molar-refractivity contribution in [2.45, 2.75) is 40.0 Å². The van der Waals surface area contributed by atoms with Gasteiger partial charge in [-0.2, -0.15) is 0 Å². The molecule has 0 aromatic carbocycles. The molecule has 0 bridgehead atoms. The zero-order valence-corrected chi connectivity index (χ0v) is 13.3. The first-order chi connectivity index (χ1) is 9.63. The van der Waals surface area contributed by atoms with Crippen LogP contribution < -0.4 is 5.32 Å². The molecule has 1 amide bonds. The number of halogens is 1. The maximum absolute atomic E-state index is 12.5. The average Bonchev–Trinajstić information content (AvgIpc) is 2.45. The third-order valence-electron chi connectivity index (χ3n) is 2.88. The molecule has 1 aromatic heterocycles. The van der Waals surface area contributed by atoms with Crippen LogP contribution in [-0.4, -0.2) is 35.4 Å². The van der Waals surface area contributed by atoms with Crippen molar-refractivity contribution < 1.29 is 4.79 Å². The lowest BCUT2D eigenvalue weighted by Gasteiger charge is -2.21. The molecule has 0 saturated carbocycles. The largest absolute Gasteiger partial charge is 0.370 e. The Balaban J connectivity index is 2.94. The highest BCUT2D eigenvalue weighted by molar-refractivity contribution is 6.33. The number of pyridine rings is 1. The van der Waals surface area contributed by atoms with E-state index in [9.17, 15) is 4.79 Å². The van der Waals surface area contributed by atoms with Crippen molar-refractivity contribution in [1.82, 2.24) is 9.88 Å². The van der Waals surface area contributed by atoms with Gasteiger partial charge in [-0.05, 0) is 31.4 Å². The summed E-state index contributed by atoms with van der Waals surface area (Å²) < 4.78 is 0. The van der Waals surface area contributed by atoms with Crippen molar-refractivity contribution in [3.05, 3.63) is 22.8 Å². The molecular weight excluding hydrogens is 274 g/mol. The van der Waals surface area contributed by atoms with Gasteiger partial charge in [0.25, 0.3) is 5.91 Å². The summed E-state index contributed by atoms with van der Waals surface area (Å²) in [6.45, 7) is 8.50. The van der Waals surface area contributed by atoms with Crippen LogP contribution in [0.4, 0.5) is 5.82 Å². The quantitative estimate of drug-likeness (QED) is 0.793. The minimum atomic E-state index is -0.0844. The Hall–Kier alpha value is -1.29. The monoisotopic (exact) mass is 297 g/mol. The summed E-state index contributed by atoms with van der Waals surface area (Å²) in [4.78, 5) is 18.7. The minimum absolute atomic E-state index is 0.0844. The van der Waals surface area contributed by atoms with Gasteiger partial charge in [-0.1, -0.05) is 32.4 Å². The number of rotatable bonds is 8. The second kappa shape index (κ2) is 8.80. The second-order valence-corrected chi connectivity index (χ2v) is 5.15. The molecular formula is C15H24ClN3O. The van der Waals surface area contributed by atoms with E-state index in [1.54, 1.807) is 12.1 Å². The molecule has 0 aliphatic rings. The normalized spacial score (nSPS) is 10.4. The van der Waals surface area contributed by atoms with Crippen LogP contribution in [0.5, 0.6) is 0 Å². The van der Waals surface area contributed by atoms with Crippen LogP contribution >= 0.6 is 11.6 Å². The van der Waals surface area contributed by atoms with E-state index in [0.717, 1.165) is 38.9 Å². The van der Waals surface area contributed by atoms with Gasteiger partial charge in [0.1, 0.15) is 11.5 Å². The molecule has 1 rings (SSSR count). The molecule has 0 radical (unpaired) electrons. The number of nitrogens with one attached hydrogen (secondary N) is 1. The first-order valence-electron chi connectivity index (χ1n) is 7.33. The maximum atomic E-state index is 12.5. The lowest BCUT2D eigenvalue weighted by atomic mass is 10.2. The highest BCUT2D eigenvalue weighted by Crippen LogP contribution is 2.19. The van der Waals surface area contributed by atoms with Crippen molar-refractivity contribution in [1.29, 1.82) is 0 Å². The molecule has 0 unspecified atom stereocenters. The Labute approximate surface area is 126 Å². The van der Waals surface area contributed by atoms with Gasteiger partial charge in [-0.25, -0.2) is 4.98 Å². The first kappa shape index (κ1) is 16.8. The van der Waals surface area contributed by atoms with Crippen LogP contribution in [0.1, 0.15) is 50.5 Å². The van der Waals surface area contributed by atoms with E-state index in [2.05, 4.69) is 31.1 Å². The second-order valence-electron chi connectivity index (χ2n) is 4.75. The van der Waals surface area contributed by atoms with Gasteiger partial charge >= 0.3 is 0 Å². The van der Waals surface area contributed by atoms with Crippen molar-refractivity contribution in [3.63, 3.8) is 0 Å². The Kier molecular flexibility index (Phi) is 7.37. The number of aromatic nitrogens is 1. The summed E-state index contributed by atoms with van der Waals surface area (Å²) in [7, 11) is 0. The molecule has 4 nitrogen and oxygen atoms in total. The van der Waals surface area contributed by atoms with Gasteiger partial charge in [0.05, 0.1) is 5.02 Å². The van der Waals surface area contributed by atoms with Crippen LogP contribution in [0.15, 0.2) is 12.1 Å². The van der Waals surface area contributed by atoms with E-state index >= 15 is 0 Å². The number of anilines is 1. The molecule has 112 valence electrons. The molecule has 1 N–H and O–H groups in total. The average molecular weight is 298 g/mol. The summed E-state index contributed by atoms with van der Waals surface area (Å²) in [6.07, 6.45) is 2.86. The van der Waals surface area contributed by atoms with Crippen LogP contribution in [0.25, 0.3) is 0 Å². The summed E-state index contributed by atoms with van der Waals surface area (Å²) in [5.74, 6) is 0.617. The van der Waals surface area contributed by atoms with E-state index in [-0.39, 0.29) is 5.91 Å². The van der Waals surface area contributed by atoms with Crippen LogP contribution in [-0.2, 0) is 0 Å². The number of nitrogens with zero attached hydrogens (tertiary/aromatic N) is 2. The smallest absolute Gasteiger partial charge is 0.274 e. The van der Waals surface area contributed by atoms with Gasteiger partial charge in [0.15, 0.2) is 0 Å². The van der Waals surface area contributed by atoms with E-state index in [4.69, 9.17) is 11.6 Å². The Morgan fingerprint density at radius 1 is 1.20 bits per heavy atom. The van der Waals surface area contributed by atoms with Gasteiger partial charge < -0.3 is 10.2 Å². The topological polar surface area (TPSA) is 45.2 Å². The molecule has 0 spiro atoms. The fourth-order valence-electron chi connectivity index (χ4n) is 1.95. The van der Waals surface area contributed by atoms with Crippen LogP contribution in [0, 0.1) is 0 Å². The third kappa shape index (κ3) is 4.67. The predicted octanol–water partition coefficient (Wildman–Crippen LogP) is 3.82.